The Morgan fingerprint density at radius 1 is 1.19 bits per heavy atom. The number of rotatable bonds is 4. The molecule has 2 unspecified atom stereocenters. The molecule has 2 saturated heterocycles. The van der Waals surface area contributed by atoms with Crippen LogP contribution >= 0.6 is 0 Å². The molecule has 2 bridgehead atoms. The van der Waals surface area contributed by atoms with Gasteiger partial charge in [0.1, 0.15) is 5.78 Å². The maximum atomic E-state index is 12.1. The van der Waals surface area contributed by atoms with Gasteiger partial charge in [-0.1, -0.05) is 13.8 Å². The number of carbonyl (C=O) groups excluding carboxylic acids is 1. The predicted octanol–water partition coefficient (Wildman–Crippen LogP) is 2.58. The minimum Gasteiger partial charge on any atom is -0.300 e. The number of hydrogen-bond acceptors (Lipinski definition) is 2. The molecule has 0 aromatic carbocycles. The van der Waals surface area contributed by atoms with Gasteiger partial charge in [-0.25, -0.2) is 0 Å². The van der Waals surface area contributed by atoms with Crippen LogP contribution in [-0.2, 0) is 4.79 Å². The lowest BCUT2D eigenvalue weighted by Crippen LogP contribution is -2.59. The van der Waals surface area contributed by atoms with Crippen molar-refractivity contribution in [3.05, 3.63) is 0 Å². The normalized spacial score (nSPS) is 34.2. The van der Waals surface area contributed by atoms with E-state index < -0.39 is 0 Å². The monoisotopic (exact) mass is 223 g/mol. The Morgan fingerprint density at radius 2 is 1.75 bits per heavy atom. The first kappa shape index (κ1) is 12.1. The Kier molecular flexibility index (Phi) is 3.39. The van der Waals surface area contributed by atoms with Gasteiger partial charge in [-0.3, -0.25) is 4.79 Å². The molecule has 0 aromatic rings. The Hall–Kier alpha value is -0.370. The van der Waals surface area contributed by atoms with E-state index in [9.17, 15) is 4.79 Å². The molecule has 2 nitrogen and oxygen atoms in total. The van der Waals surface area contributed by atoms with Crippen molar-refractivity contribution >= 4 is 5.78 Å². The van der Waals surface area contributed by atoms with Gasteiger partial charge in [0.2, 0.25) is 0 Å². The van der Waals surface area contributed by atoms with E-state index in [0.29, 0.717) is 35.5 Å². The largest absolute Gasteiger partial charge is 0.300 e. The second-order valence-corrected chi connectivity index (χ2v) is 6.39. The van der Waals surface area contributed by atoms with E-state index in [0.717, 1.165) is 19.5 Å². The Morgan fingerprint density at radius 3 is 2.19 bits per heavy atom. The molecule has 0 N–H and O–H groups in total. The van der Waals surface area contributed by atoms with Crippen LogP contribution in [0.5, 0.6) is 0 Å². The molecular weight excluding hydrogens is 198 g/mol. The van der Waals surface area contributed by atoms with Gasteiger partial charge in [-0.05, 0) is 38.0 Å². The average molecular weight is 223 g/mol. The standard InChI is InChI=1S/C14H25NO/c1-9(2)5-13(16)14-11-6-12(14)8-15(7-11)10(3)4/h9-12,14H,5-8H2,1-4H3. The summed E-state index contributed by atoms with van der Waals surface area (Å²) in [6, 6.07) is 0.645. The fourth-order valence-electron chi connectivity index (χ4n) is 3.41. The smallest absolute Gasteiger partial charge is 0.136 e. The molecule has 0 radical (unpaired) electrons. The summed E-state index contributed by atoms with van der Waals surface area (Å²) in [5.41, 5.74) is 0. The summed E-state index contributed by atoms with van der Waals surface area (Å²) < 4.78 is 0. The van der Waals surface area contributed by atoms with Crippen LogP contribution in [0.1, 0.15) is 40.5 Å². The molecular formula is C14H25NO. The third-order valence-electron chi connectivity index (χ3n) is 4.27. The van der Waals surface area contributed by atoms with E-state index in [1.165, 1.54) is 6.42 Å². The van der Waals surface area contributed by atoms with Crippen molar-refractivity contribution in [3.8, 4) is 0 Å². The van der Waals surface area contributed by atoms with E-state index in [1.54, 1.807) is 0 Å². The van der Waals surface area contributed by atoms with E-state index in [-0.39, 0.29) is 0 Å². The second kappa shape index (κ2) is 4.48. The van der Waals surface area contributed by atoms with Crippen LogP contribution in [0.3, 0.4) is 0 Å². The van der Waals surface area contributed by atoms with Crippen molar-refractivity contribution in [2.75, 3.05) is 13.1 Å². The van der Waals surface area contributed by atoms with Gasteiger partial charge < -0.3 is 4.90 Å². The van der Waals surface area contributed by atoms with Crippen LogP contribution < -0.4 is 0 Å². The molecule has 0 spiro atoms. The zero-order valence-corrected chi connectivity index (χ0v) is 11.1. The van der Waals surface area contributed by atoms with Crippen molar-refractivity contribution in [3.63, 3.8) is 0 Å². The summed E-state index contributed by atoms with van der Waals surface area (Å²) in [6.07, 6.45) is 2.09. The van der Waals surface area contributed by atoms with Crippen LogP contribution in [0, 0.1) is 23.7 Å². The van der Waals surface area contributed by atoms with Crippen LogP contribution in [0.2, 0.25) is 0 Å². The first-order chi connectivity index (χ1) is 7.49. The van der Waals surface area contributed by atoms with Gasteiger partial charge in [0, 0.05) is 31.5 Å². The Bertz CT molecular complexity index is 260. The summed E-state index contributed by atoms with van der Waals surface area (Å²) in [4.78, 5) is 14.6. The topological polar surface area (TPSA) is 20.3 Å². The van der Waals surface area contributed by atoms with Crippen LogP contribution in [-0.4, -0.2) is 29.8 Å². The number of nitrogens with zero attached hydrogens (tertiary/aromatic N) is 1. The van der Waals surface area contributed by atoms with Gasteiger partial charge in [0.25, 0.3) is 0 Å². The molecule has 3 rings (SSSR count). The maximum Gasteiger partial charge on any atom is 0.136 e. The molecule has 1 aliphatic carbocycles. The fraction of sp³-hybridized carbons (Fsp3) is 0.929. The number of hydrogen-bond donors (Lipinski definition) is 0. The van der Waals surface area contributed by atoms with Crippen molar-refractivity contribution in [1.82, 2.24) is 4.90 Å². The van der Waals surface area contributed by atoms with Crippen molar-refractivity contribution < 1.29 is 4.79 Å². The second-order valence-electron chi connectivity index (χ2n) is 6.39. The fourth-order valence-corrected chi connectivity index (χ4v) is 3.41. The molecule has 0 aromatic heterocycles. The van der Waals surface area contributed by atoms with Crippen LogP contribution in [0.25, 0.3) is 0 Å². The molecule has 2 atom stereocenters. The van der Waals surface area contributed by atoms with Crippen LogP contribution in [0.4, 0.5) is 0 Å². The van der Waals surface area contributed by atoms with Gasteiger partial charge in [0.15, 0.2) is 0 Å². The molecule has 92 valence electrons. The summed E-state index contributed by atoms with van der Waals surface area (Å²) in [5.74, 6) is 2.83. The highest BCUT2D eigenvalue weighted by Crippen LogP contribution is 2.47. The predicted molar refractivity (Wildman–Crippen MR) is 66.3 cm³/mol. The number of piperidine rings is 2. The molecule has 2 heteroatoms. The Labute approximate surface area is 99.4 Å². The SMILES string of the molecule is CC(C)CC(=O)C1C2CC1CN(C(C)C)C2. The highest BCUT2D eigenvalue weighted by molar-refractivity contribution is 5.83. The molecule has 3 aliphatic rings. The summed E-state index contributed by atoms with van der Waals surface area (Å²) in [5, 5.41) is 0. The molecule has 0 amide bonds. The average Bonchev–Trinajstić information content (AvgIpc) is 2.16. The highest BCUT2D eigenvalue weighted by atomic mass is 16.1. The van der Waals surface area contributed by atoms with E-state index >= 15 is 0 Å². The molecule has 3 fully saturated rings. The summed E-state index contributed by atoms with van der Waals surface area (Å²) >= 11 is 0. The Balaban J connectivity index is 1.91. The molecule has 2 aliphatic heterocycles. The first-order valence-electron chi connectivity index (χ1n) is 6.75. The minimum absolute atomic E-state index is 0.414. The third kappa shape index (κ3) is 2.17. The first-order valence-corrected chi connectivity index (χ1v) is 6.75. The number of ketones is 1. The van der Waals surface area contributed by atoms with Crippen molar-refractivity contribution in [2.45, 2.75) is 46.6 Å². The lowest BCUT2D eigenvalue weighted by Gasteiger charge is -2.54. The number of fused-ring (bicyclic) bond motifs is 2. The van der Waals surface area contributed by atoms with Gasteiger partial charge >= 0.3 is 0 Å². The molecule has 2 heterocycles. The summed E-state index contributed by atoms with van der Waals surface area (Å²) in [7, 11) is 0. The lowest BCUT2D eigenvalue weighted by molar-refractivity contribution is -0.141. The number of carbonyl (C=O) groups is 1. The highest BCUT2D eigenvalue weighted by Gasteiger charge is 2.49. The summed E-state index contributed by atoms with van der Waals surface area (Å²) in [6.45, 7) is 11.1. The van der Waals surface area contributed by atoms with Crippen molar-refractivity contribution in [1.29, 1.82) is 0 Å². The number of Topliss-reactive ketones (excluding diaryl/α,β-unsaturated/α-hetero) is 1. The van der Waals surface area contributed by atoms with E-state index in [2.05, 4.69) is 32.6 Å². The third-order valence-corrected chi connectivity index (χ3v) is 4.27. The quantitative estimate of drug-likeness (QED) is 0.730. The molecule has 16 heavy (non-hydrogen) atoms. The van der Waals surface area contributed by atoms with Gasteiger partial charge in [0.05, 0.1) is 0 Å². The van der Waals surface area contributed by atoms with E-state index in [4.69, 9.17) is 0 Å². The van der Waals surface area contributed by atoms with Gasteiger partial charge in [-0.15, -0.1) is 0 Å². The zero-order valence-electron chi connectivity index (χ0n) is 11.1. The minimum atomic E-state index is 0.414. The van der Waals surface area contributed by atoms with E-state index in [1.807, 2.05) is 0 Å². The molecule has 1 saturated carbocycles. The van der Waals surface area contributed by atoms with Gasteiger partial charge in [-0.2, -0.15) is 0 Å². The zero-order chi connectivity index (χ0) is 11.9. The van der Waals surface area contributed by atoms with Crippen LogP contribution in [0.15, 0.2) is 0 Å². The lowest BCUT2D eigenvalue weighted by atomic mass is 9.59. The maximum absolute atomic E-state index is 12.1. The van der Waals surface area contributed by atoms with Crippen molar-refractivity contribution in [2.24, 2.45) is 23.7 Å².